The van der Waals surface area contributed by atoms with E-state index < -0.39 is 11.9 Å². The number of aliphatic carboxylic acids is 1. The van der Waals surface area contributed by atoms with Gasteiger partial charge in [-0.3, -0.25) is 4.79 Å². The first kappa shape index (κ1) is 17.1. The highest BCUT2D eigenvalue weighted by Crippen LogP contribution is 2.30. The Morgan fingerprint density at radius 1 is 1.00 bits per heavy atom. The van der Waals surface area contributed by atoms with Gasteiger partial charge in [-0.1, -0.05) is 24.3 Å². The number of carbonyl (C=O) groups is 2. The second-order valence-corrected chi connectivity index (χ2v) is 4.89. The van der Waals surface area contributed by atoms with Crippen molar-refractivity contribution in [2.75, 3.05) is 14.2 Å². The summed E-state index contributed by atoms with van der Waals surface area (Å²) in [6, 6.07) is 11.3. The van der Waals surface area contributed by atoms with Crippen molar-refractivity contribution in [3.63, 3.8) is 0 Å². The van der Waals surface area contributed by atoms with Crippen LogP contribution in [0, 0.1) is 0 Å². The Bertz CT molecular complexity index is 811. The number of carboxylic acids is 1. The Morgan fingerprint density at radius 2 is 1.62 bits per heavy atom. The zero-order valence-electron chi connectivity index (χ0n) is 13.3. The molecule has 6 heteroatoms. The average Bonchev–Trinajstić information content (AvgIpc) is 2.59. The highest BCUT2D eigenvalue weighted by Gasteiger charge is 2.17. The van der Waals surface area contributed by atoms with Crippen LogP contribution in [-0.2, 0) is 4.79 Å². The quantitative estimate of drug-likeness (QED) is 0.627. The Morgan fingerprint density at radius 3 is 2.17 bits per heavy atom. The molecule has 0 aliphatic rings. The Balaban J connectivity index is 2.59. The second-order valence-electron chi connectivity index (χ2n) is 4.89. The van der Waals surface area contributed by atoms with E-state index in [2.05, 4.69) is 0 Å². The number of primary amides is 1. The van der Waals surface area contributed by atoms with E-state index in [4.69, 9.17) is 15.2 Å². The van der Waals surface area contributed by atoms with Gasteiger partial charge in [0.1, 0.15) is 0 Å². The summed E-state index contributed by atoms with van der Waals surface area (Å²) in [7, 11) is 3.00. The maximum absolute atomic E-state index is 11.7. The molecule has 0 unspecified atom stereocenters. The summed E-state index contributed by atoms with van der Waals surface area (Å²) in [6.07, 6.45) is 1.45. The molecule has 2 aromatic carbocycles. The normalized spacial score (nSPS) is 11.0. The number of carboxylic acid groups (broad SMARTS) is 1. The standard InChI is InChI=1S/C18H17NO5/c1-23-15-8-7-11(10-16(15)24-2)9-14(18(21)22)12-5-3-4-6-13(12)17(19)20/h3-10H,1-2H3,(H2,19,20)(H,21,22)/b14-9-. The first-order valence-corrected chi connectivity index (χ1v) is 7.04. The van der Waals surface area contributed by atoms with E-state index in [9.17, 15) is 14.7 Å². The number of amides is 1. The smallest absolute Gasteiger partial charge is 0.336 e. The van der Waals surface area contributed by atoms with Gasteiger partial charge in [-0.05, 0) is 29.8 Å². The van der Waals surface area contributed by atoms with E-state index in [1.54, 1.807) is 36.4 Å². The molecule has 0 spiro atoms. The predicted octanol–water partition coefficient (Wildman–Crippen LogP) is 2.43. The number of hydrogen-bond donors (Lipinski definition) is 2. The molecule has 1 amide bonds. The number of rotatable bonds is 6. The van der Waals surface area contributed by atoms with E-state index in [1.165, 1.54) is 26.4 Å². The first-order valence-electron chi connectivity index (χ1n) is 7.04. The van der Waals surface area contributed by atoms with Gasteiger partial charge in [0.2, 0.25) is 5.91 Å². The zero-order valence-corrected chi connectivity index (χ0v) is 13.3. The maximum atomic E-state index is 11.7. The van der Waals surface area contributed by atoms with Gasteiger partial charge in [0.05, 0.1) is 19.8 Å². The molecular weight excluding hydrogens is 310 g/mol. The highest BCUT2D eigenvalue weighted by molar-refractivity contribution is 6.23. The topological polar surface area (TPSA) is 98.9 Å². The number of hydrogen-bond acceptors (Lipinski definition) is 4. The number of nitrogens with two attached hydrogens (primary N) is 1. The summed E-state index contributed by atoms with van der Waals surface area (Å²) in [4.78, 5) is 23.2. The molecule has 2 aromatic rings. The van der Waals surface area contributed by atoms with Gasteiger partial charge in [0.25, 0.3) is 0 Å². The van der Waals surface area contributed by atoms with Crippen molar-refractivity contribution in [2.45, 2.75) is 0 Å². The van der Waals surface area contributed by atoms with Crippen molar-refractivity contribution in [2.24, 2.45) is 5.73 Å². The summed E-state index contributed by atoms with van der Waals surface area (Å²) < 4.78 is 10.4. The van der Waals surface area contributed by atoms with Crippen molar-refractivity contribution >= 4 is 23.5 Å². The van der Waals surface area contributed by atoms with Crippen LogP contribution >= 0.6 is 0 Å². The Hall–Kier alpha value is -3.28. The number of methoxy groups -OCH3 is 2. The van der Waals surface area contributed by atoms with E-state index in [1.807, 2.05) is 0 Å². The second kappa shape index (κ2) is 7.32. The van der Waals surface area contributed by atoms with Crippen LogP contribution in [0.25, 0.3) is 11.6 Å². The molecule has 0 bridgehead atoms. The molecule has 0 fully saturated rings. The third-order valence-electron chi connectivity index (χ3n) is 3.43. The van der Waals surface area contributed by atoms with Gasteiger partial charge in [-0.25, -0.2) is 4.79 Å². The largest absolute Gasteiger partial charge is 0.493 e. The molecule has 3 N–H and O–H groups in total. The lowest BCUT2D eigenvalue weighted by atomic mass is 9.97. The lowest BCUT2D eigenvalue weighted by Crippen LogP contribution is -2.15. The molecule has 0 aliphatic carbocycles. The zero-order chi connectivity index (χ0) is 17.7. The molecule has 0 atom stereocenters. The van der Waals surface area contributed by atoms with Crippen LogP contribution in [-0.4, -0.2) is 31.2 Å². The third kappa shape index (κ3) is 3.55. The van der Waals surface area contributed by atoms with E-state index >= 15 is 0 Å². The highest BCUT2D eigenvalue weighted by atomic mass is 16.5. The SMILES string of the molecule is COc1ccc(/C=C(\C(=O)O)c2ccccc2C(N)=O)cc1OC. The van der Waals surface area contributed by atoms with Crippen LogP contribution in [0.4, 0.5) is 0 Å². The molecule has 0 aromatic heterocycles. The predicted molar refractivity (Wildman–Crippen MR) is 90.0 cm³/mol. The minimum atomic E-state index is -1.17. The fourth-order valence-electron chi connectivity index (χ4n) is 2.30. The summed E-state index contributed by atoms with van der Waals surface area (Å²) >= 11 is 0. The van der Waals surface area contributed by atoms with Gasteiger partial charge >= 0.3 is 5.97 Å². The fraction of sp³-hybridized carbons (Fsp3) is 0.111. The number of ether oxygens (including phenoxy) is 2. The van der Waals surface area contributed by atoms with Gasteiger partial charge in [-0.15, -0.1) is 0 Å². The van der Waals surface area contributed by atoms with Crippen LogP contribution in [0.2, 0.25) is 0 Å². The maximum Gasteiger partial charge on any atom is 0.336 e. The Labute approximate surface area is 139 Å². The number of carbonyl (C=O) groups excluding carboxylic acids is 1. The van der Waals surface area contributed by atoms with Gasteiger partial charge in [-0.2, -0.15) is 0 Å². The summed E-state index contributed by atoms with van der Waals surface area (Å²) in [6.45, 7) is 0. The first-order chi connectivity index (χ1) is 11.5. The lowest BCUT2D eigenvalue weighted by molar-refractivity contribution is -0.130. The van der Waals surface area contributed by atoms with Crippen LogP contribution < -0.4 is 15.2 Å². The molecular formula is C18H17NO5. The van der Waals surface area contributed by atoms with Crippen molar-refractivity contribution in [1.82, 2.24) is 0 Å². The fourth-order valence-corrected chi connectivity index (χ4v) is 2.30. The summed E-state index contributed by atoms with van der Waals surface area (Å²) in [5.74, 6) is -0.855. The van der Waals surface area contributed by atoms with Crippen LogP contribution in [0.3, 0.4) is 0 Å². The van der Waals surface area contributed by atoms with Crippen molar-refractivity contribution in [3.8, 4) is 11.5 Å². The minimum Gasteiger partial charge on any atom is -0.493 e. The summed E-state index contributed by atoms with van der Waals surface area (Å²) in [5, 5.41) is 9.55. The van der Waals surface area contributed by atoms with E-state index in [0.717, 1.165) is 0 Å². The average molecular weight is 327 g/mol. The Kier molecular flexibility index (Phi) is 5.21. The molecule has 0 saturated carbocycles. The van der Waals surface area contributed by atoms with Crippen LogP contribution in [0.15, 0.2) is 42.5 Å². The molecule has 0 heterocycles. The van der Waals surface area contributed by atoms with Gasteiger partial charge in [0.15, 0.2) is 11.5 Å². The minimum absolute atomic E-state index is 0.0448. The van der Waals surface area contributed by atoms with Crippen molar-refractivity contribution in [1.29, 1.82) is 0 Å². The summed E-state index contributed by atoms with van der Waals surface area (Å²) in [5.41, 5.74) is 6.28. The van der Waals surface area contributed by atoms with Crippen LogP contribution in [0.1, 0.15) is 21.5 Å². The third-order valence-corrected chi connectivity index (χ3v) is 3.43. The van der Waals surface area contributed by atoms with Gasteiger partial charge < -0.3 is 20.3 Å². The van der Waals surface area contributed by atoms with E-state index in [0.29, 0.717) is 17.1 Å². The molecule has 0 aliphatic heterocycles. The number of benzene rings is 2. The lowest BCUT2D eigenvalue weighted by Gasteiger charge is -2.10. The van der Waals surface area contributed by atoms with Crippen molar-refractivity contribution in [3.05, 3.63) is 59.2 Å². The monoisotopic (exact) mass is 327 g/mol. The van der Waals surface area contributed by atoms with Gasteiger partial charge in [0, 0.05) is 11.1 Å². The molecule has 6 nitrogen and oxygen atoms in total. The molecule has 24 heavy (non-hydrogen) atoms. The van der Waals surface area contributed by atoms with Crippen LogP contribution in [0.5, 0.6) is 11.5 Å². The van der Waals surface area contributed by atoms with E-state index in [-0.39, 0.29) is 16.7 Å². The molecule has 2 rings (SSSR count). The molecule has 124 valence electrons. The van der Waals surface area contributed by atoms with Crippen molar-refractivity contribution < 1.29 is 24.2 Å². The molecule has 0 saturated heterocycles. The molecule has 0 radical (unpaired) electrons.